The zero-order valence-electron chi connectivity index (χ0n) is 35.7. The molecule has 0 bridgehead atoms. The molecule has 0 heterocycles. The molecule has 0 aliphatic heterocycles. The van der Waals surface area contributed by atoms with Crippen LogP contribution in [0.1, 0.15) is 79.0 Å². The topological polar surface area (TPSA) is 3.24 Å². The first-order valence-electron chi connectivity index (χ1n) is 19.8. The minimum absolute atomic E-state index is 0.0209. The van der Waals surface area contributed by atoms with E-state index < -0.39 is 0 Å². The molecule has 0 aliphatic carbocycles. The fraction of sp³-hybridized carbons (Fsp3) is 0.250. The number of hydrogen-bond acceptors (Lipinski definition) is 1. The van der Waals surface area contributed by atoms with Crippen molar-refractivity contribution in [3.8, 4) is 33.4 Å². The molecule has 6 aromatic rings. The number of halogens is 1. The van der Waals surface area contributed by atoms with E-state index in [1.807, 2.05) is 0 Å². The van der Waals surface area contributed by atoms with Gasteiger partial charge >= 0.3 is 0 Å². The van der Waals surface area contributed by atoms with Crippen molar-refractivity contribution in [1.82, 2.24) is 0 Å². The molecular weight excluding hydrogens is 680 g/mol. The van der Waals surface area contributed by atoms with E-state index in [4.69, 9.17) is 11.6 Å². The quantitative estimate of drug-likeness (QED) is 0.190. The molecule has 0 N–H and O–H groups in total. The smallest absolute Gasteiger partial charge is 0.139 e. The fourth-order valence-corrected chi connectivity index (χ4v) is 8.08. The van der Waals surface area contributed by atoms with Crippen LogP contribution in [0.2, 0.25) is 5.02 Å². The summed E-state index contributed by atoms with van der Waals surface area (Å²) in [4.78, 5) is 2.40. The maximum absolute atomic E-state index is 7.86. The molecule has 0 saturated carbocycles. The first-order valence-corrected chi connectivity index (χ1v) is 20.2. The second kappa shape index (κ2) is 15.0. The van der Waals surface area contributed by atoms with Gasteiger partial charge in [-0.1, -0.05) is 158 Å². The van der Waals surface area contributed by atoms with Gasteiger partial charge in [-0.25, -0.2) is 0 Å². The van der Waals surface area contributed by atoms with Gasteiger partial charge in [0.1, 0.15) is 39.2 Å². The Morgan fingerprint density at radius 3 is 1.38 bits per heavy atom. The summed E-state index contributed by atoms with van der Waals surface area (Å²) in [5.74, 6) is 0. The zero-order chi connectivity index (χ0) is 40.2. The third-order valence-electron chi connectivity index (χ3n) is 11.8. The Morgan fingerprint density at radius 1 is 0.418 bits per heavy atom. The molecule has 6 aromatic carbocycles. The molecule has 0 unspecified atom stereocenters. The lowest BCUT2D eigenvalue weighted by Crippen LogP contribution is -2.55. The largest absolute Gasteiger partial charge is 0.308 e. The minimum atomic E-state index is -0.0264. The lowest BCUT2D eigenvalue weighted by Gasteiger charge is -2.32. The van der Waals surface area contributed by atoms with Crippen LogP contribution >= 0.6 is 11.6 Å². The number of rotatable bonds is 6. The highest BCUT2D eigenvalue weighted by atomic mass is 35.5. The lowest BCUT2D eigenvalue weighted by molar-refractivity contribution is 0.590. The van der Waals surface area contributed by atoms with Crippen molar-refractivity contribution in [2.75, 3.05) is 4.90 Å². The summed E-state index contributed by atoms with van der Waals surface area (Å²) >= 11 is 7.86. The summed E-state index contributed by atoms with van der Waals surface area (Å²) < 4.78 is 0. The highest BCUT2D eigenvalue weighted by Gasteiger charge is 2.27. The maximum Gasteiger partial charge on any atom is 0.139 e. The van der Waals surface area contributed by atoms with Crippen LogP contribution in [0.3, 0.4) is 0 Å². The van der Waals surface area contributed by atoms with E-state index in [1.165, 1.54) is 66.3 Å². The first-order chi connectivity index (χ1) is 25.7. The molecule has 1 nitrogen and oxygen atoms in total. The van der Waals surface area contributed by atoms with Crippen molar-refractivity contribution in [3.63, 3.8) is 0 Å². The van der Waals surface area contributed by atoms with Gasteiger partial charge in [-0.3, -0.25) is 0 Å². The summed E-state index contributed by atoms with van der Waals surface area (Å²) in [6.07, 6.45) is 0. The third-order valence-corrected chi connectivity index (χ3v) is 12.2. The number of benzene rings is 6. The van der Waals surface area contributed by atoms with E-state index in [1.54, 1.807) is 0 Å². The lowest BCUT2D eigenvalue weighted by atomic mass is 9.59. The first kappa shape index (κ1) is 40.4. The van der Waals surface area contributed by atoms with Crippen LogP contribution in [0.5, 0.6) is 0 Å². The predicted octanol–water partition coefficient (Wildman–Crippen LogP) is 6.00. The molecular formula is C48H55B5ClN. The Hall–Kier alpha value is -4.27. The second-order valence-corrected chi connectivity index (χ2v) is 19.0. The molecule has 6 rings (SSSR count). The standard InChI is InChI=1S/C48H55B5ClN/c1-46(2,3)31-17-15-29(16-18-31)36-25-30(39-40(49)42(51)44(53)43(52)41(39)50)26-38(45(36)54)55(34-22-19-32(20-23-34)47(4,5)6)37-24-21-33(48(7,8)9)27-35(37)28-13-11-10-12-14-28/h10-27H,49-53H2,1-9H3. The second-order valence-electron chi connectivity index (χ2n) is 18.7. The van der Waals surface area contributed by atoms with Crippen LogP contribution < -0.4 is 32.2 Å². The fourth-order valence-electron chi connectivity index (χ4n) is 7.77. The van der Waals surface area contributed by atoms with Gasteiger partial charge in [0, 0.05) is 16.8 Å². The normalized spacial score (nSPS) is 12.2. The van der Waals surface area contributed by atoms with Crippen LogP contribution in [-0.2, 0) is 16.2 Å². The average molecular weight is 735 g/mol. The molecule has 0 aromatic heterocycles. The Bertz CT molecular complexity index is 2330. The Kier molecular flexibility index (Phi) is 11.0. The van der Waals surface area contributed by atoms with E-state index in [0.717, 1.165) is 33.2 Å². The van der Waals surface area contributed by atoms with Crippen molar-refractivity contribution in [3.05, 3.63) is 131 Å². The van der Waals surface area contributed by atoms with Crippen molar-refractivity contribution in [2.24, 2.45) is 0 Å². The molecule has 0 radical (unpaired) electrons. The van der Waals surface area contributed by atoms with Gasteiger partial charge in [0.15, 0.2) is 0 Å². The number of nitrogens with zero attached hydrogens (tertiary/aromatic N) is 1. The summed E-state index contributed by atoms with van der Waals surface area (Å²) in [6, 6.07) is 40.5. The van der Waals surface area contributed by atoms with Gasteiger partial charge in [-0.05, 0) is 91.6 Å². The molecule has 0 amide bonds. The number of anilines is 3. The molecule has 55 heavy (non-hydrogen) atoms. The Morgan fingerprint density at radius 2 is 0.873 bits per heavy atom. The molecule has 0 saturated heterocycles. The van der Waals surface area contributed by atoms with Gasteiger partial charge in [0.25, 0.3) is 0 Å². The van der Waals surface area contributed by atoms with Crippen LogP contribution in [-0.4, -0.2) is 39.2 Å². The predicted molar refractivity (Wildman–Crippen MR) is 259 cm³/mol. The third kappa shape index (κ3) is 8.04. The van der Waals surface area contributed by atoms with Gasteiger partial charge < -0.3 is 4.90 Å². The average Bonchev–Trinajstić information content (AvgIpc) is 3.14. The van der Waals surface area contributed by atoms with E-state index >= 15 is 0 Å². The highest BCUT2D eigenvalue weighted by Crippen LogP contribution is 2.49. The zero-order valence-corrected chi connectivity index (χ0v) is 36.5. The molecule has 0 atom stereocenters. The Balaban J connectivity index is 1.75. The molecule has 0 aliphatic rings. The maximum atomic E-state index is 7.86. The van der Waals surface area contributed by atoms with Crippen LogP contribution in [0, 0.1) is 0 Å². The van der Waals surface area contributed by atoms with Crippen molar-refractivity contribution >= 4 is 95.2 Å². The van der Waals surface area contributed by atoms with E-state index in [0.29, 0.717) is 0 Å². The van der Waals surface area contributed by atoms with Crippen LogP contribution in [0.4, 0.5) is 17.1 Å². The minimum Gasteiger partial charge on any atom is -0.308 e. The Labute approximate surface area is 341 Å². The van der Waals surface area contributed by atoms with Crippen LogP contribution in [0.15, 0.2) is 109 Å². The summed E-state index contributed by atoms with van der Waals surface area (Å²) in [5, 5.41) is 0.724. The SMILES string of the molecule is Bc1c(B)c(B)c(-c2cc(-c3ccc(C(C)(C)C)cc3)c(Cl)c(N(c3ccc(C(C)(C)C)cc3)c3ccc(C(C)(C)C)cc3-c3ccccc3)c2)c(B)c1B. The molecule has 274 valence electrons. The summed E-state index contributed by atoms with van der Waals surface area (Å²) in [6.45, 7) is 20.5. The van der Waals surface area contributed by atoms with Crippen molar-refractivity contribution in [1.29, 1.82) is 0 Å². The van der Waals surface area contributed by atoms with E-state index in [2.05, 4.69) is 216 Å². The van der Waals surface area contributed by atoms with Gasteiger partial charge in [0.05, 0.1) is 16.4 Å². The van der Waals surface area contributed by atoms with Gasteiger partial charge in [-0.15, -0.1) is 16.4 Å². The highest BCUT2D eigenvalue weighted by molar-refractivity contribution is 6.68. The molecule has 7 heteroatoms. The monoisotopic (exact) mass is 735 g/mol. The summed E-state index contributed by atoms with van der Waals surface area (Å²) in [5.41, 5.74) is 20.6. The molecule has 0 spiro atoms. The van der Waals surface area contributed by atoms with E-state index in [-0.39, 0.29) is 16.2 Å². The van der Waals surface area contributed by atoms with E-state index in [9.17, 15) is 0 Å². The van der Waals surface area contributed by atoms with Crippen molar-refractivity contribution < 1.29 is 0 Å². The van der Waals surface area contributed by atoms with Gasteiger partial charge in [-0.2, -0.15) is 0 Å². The number of hydrogen-bond donors (Lipinski definition) is 0. The van der Waals surface area contributed by atoms with Crippen molar-refractivity contribution in [2.45, 2.75) is 78.6 Å². The molecule has 0 fully saturated rings. The summed E-state index contributed by atoms with van der Waals surface area (Å²) in [7, 11) is 11.3. The van der Waals surface area contributed by atoms with Crippen LogP contribution in [0.25, 0.3) is 33.4 Å². The van der Waals surface area contributed by atoms with Gasteiger partial charge in [0.2, 0.25) is 0 Å².